The van der Waals surface area contributed by atoms with E-state index in [0.717, 1.165) is 110 Å². The Kier molecular flexibility index (Phi) is 19.5. The second-order valence-corrected chi connectivity index (χ2v) is 25.0. The van der Waals surface area contributed by atoms with Gasteiger partial charge in [0.05, 0.1) is 54.5 Å². The average molecular weight is 1200 g/mol. The minimum atomic E-state index is -0.375. The third-order valence-corrected chi connectivity index (χ3v) is 17.8. The molecule has 1 N–H and O–H groups in total. The number of halogens is 4. The molecule has 6 aromatic rings. The van der Waals surface area contributed by atoms with Crippen LogP contribution in [0.3, 0.4) is 0 Å². The molecular formula is C67H77Cl4N8O4+. The van der Waals surface area contributed by atoms with Crippen LogP contribution in [0.5, 0.6) is 11.5 Å². The number of nitrogens with one attached hydrogen (secondary N) is 1. The number of amidine groups is 2. The fourth-order valence-corrected chi connectivity index (χ4v) is 13.3. The van der Waals surface area contributed by atoms with E-state index in [4.69, 9.17) is 65.9 Å². The summed E-state index contributed by atoms with van der Waals surface area (Å²) in [6.07, 6.45) is 7.05. The first-order chi connectivity index (χ1) is 40.1. The summed E-state index contributed by atoms with van der Waals surface area (Å²) in [5.41, 5.74) is 5.57. The fourth-order valence-electron chi connectivity index (χ4n) is 12.8. The van der Waals surface area contributed by atoms with Gasteiger partial charge < -0.3 is 24.6 Å². The summed E-state index contributed by atoms with van der Waals surface area (Å²) in [6, 6.07) is 46.4. The van der Waals surface area contributed by atoms with Crippen molar-refractivity contribution in [3.05, 3.63) is 199 Å². The van der Waals surface area contributed by atoms with Gasteiger partial charge in [0.1, 0.15) is 35.3 Å². The van der Waals surface area contributed by atoms with Gasteiger partial charge in [-0.1, -0.05) is 119 Å². The van der Waals surface area contributed by atoms with Gasteiger partial charge in [0, 0.05) is 65.2 Å². The van der Waals surface area contributed by atoms with Crippen LogP contribution in [0.2, 0.25) is 20.1 Å². The summed E-state index contributed by atoms with van der Waals surface area (Å²) < 4.78 is 13.0. The molecule has 0 saturated carbocycles. The predicted molar refractivity (Wildman–Crippen MR) is 337 cm³/mol. The van der Waals surface area contributed by atoms with Crippen molar-refractivity contribution in [1.82, 2.24) is 24.9 Å². The monoisotopic (exact) mass is 1200 g/mol. The molecule has 5 aliphatic heterocycles. The summed E-state index contributed by atoms with van der Waals surface area (Å²) in [5, 5.41) is 6.14. The van der Waals surface area contributed by atoms with Crippen molar-refractivity contribution < 1.29 is 23.5 Å². The van der Waals surface area contributed by atoms with Gasteiger partial charge in [0.15, 0.2) is 0 Å². The first kappa shape index (κ1) is 60.2. The SMILES string of the molecule is CC(C)Oc1ccccc1C1=NC(c2ccc(Cl)cc2)C(c2ccc(Cl)cc2)N1C(=O)N1CCC(N(C)C)CC1.CC(C)Oc1ccccc1C1=NC(c2ccc(Cl)cc2)C(c2ccc(Cl)cc2)N1C(=O)[N+]1(C2CCNCC2)CCCCC1. The number of quaternary nitrogens is 1. The summed E-state index contributed by atoms with van der Waals surface area (Å²) >= 11 is 25.3. The molecule has 0 aliphatic carbocycles. The molecule has 0 aromatic heterocycles. The van der Waals surface area contributed by atoms with Crippen molar-refractivity contribution in [2.75, 3.05) is 53.4 Å². The number of rotatable bonds is 12. The molecule has 16 heteroatoms. The number of nitrogens with zero attached hydrogens (tertiary/aromatic N) is 7. The minimum absolute atomic E-state index is 0.0263. The third-order valence-electron chi connectivity index (χ3n) is 16.8. The number of piperidine rings is 3. The van der Waals surface area contributed by atoms with Gasteiger partial charge in [-0.2, -0.15) is 0 Å². The molecule has 4 unspecified atom stereocenters. The number of carbonyl (C=O) groups excluding carboxylic acids is 2. The molecule has 83 heavy (non-hydrogen) atoms. The average Bonchev–Trinajstić information content (AvgIpc) is 2.53. The maximum Gasteiger partial charge on any atom is 0.425 e. The van der Waals surface area contributed by atoms with Crippen LogP contribution in [0.25, 0.3) is 0 Å². The second kappa shape index (κ2) is 27.0. The number of amides is 4. The highest BCUT2D eigenvalue weighted by Crippen LogP contribution is 2.49. The van der Waals surface area contributed by atoms with Crippen LogP contribution in [-0.2, 0) is 0 Å². The van der Waals surface area contributed by atoms with E-state index in [1.807, 2.05) is 188 Å². The Labute approximate surface area is 510 Å². The van der Waals surface area contributed by atoms with E-state index in [1.165, 1.54) is 0 Å². The van der Waals surface area contributed by atoms with Crippen LogP contribution in [-0.4, -0.2) is 125 Å². The highest BCUT2D eigenvalue weighted by atomic mass is 35.5. The minimum Gasteiger partial charge on any atom is -0.490 e. The Morgan fingerprint density at radius 2 is 0.940 bits per heavy atom. The van der Waals surface area contributed by atoms with Gasteiger partial charge in [-0.25, -0.2) is 19.0 Å². The van der Waals surface area contributed by atoms with E-state index in [1.54, 1.807) is 0 Å². The van der Waals surface area contributed by atoms with Gasteiger partial charge in [0.2, 0.25) is 0 Å². The molecule has 0 spiro atoms. The number of likely N-dealkylation sites (tertiary alicyclic amines) is 2. The molecule has 436 valence electrons. The summed E-state index contributed by atoms with van der Waals surface area (Å²) in [6.45, 7) is 13.0. The quantitative estimate of drug-likeness (QED) is 0.123. The maximum absolute atomic E-state index is 15.5. The van der Waals surface area contributed by atoms with Crippen LogP contribution < -0.4 is 14.8 Å². The highest BCUT2D eigenvalue weighted by molar-refractivity contribution is 6.31. The third kappa shape index (κ3) is 13.5. The van der Waals surface area contributed by atoms with Crippen LogP contribution in [0.1, 0.15) is 130 Å². The van der Waals surface area contributed by atoms with Crippen molar-refractivity contribution in [3.63, 3.8) is 0 Å². The number of para-hydroxylation sites is 2. The molecule has 5 heterocycles. The predicted octanol–water partition coefficient (Wildman–Crippen LogP) is 15.7. The number of ether oxygens (including phenoxy) is 2. The van der Waals surface area contributed by atoms with Crippen molar-refractivity contribution in [1.29, 1.82) is 0 Å². The number of carbonyl (C=O) groups is 2. The lowest BCUT2D eigenvalue weighted by Gasteiger charge is -2.48. The van der Waals surface area contributed by atoms with Crippen molar-refractivity contribution in [2.45, 2.75) is 121 Å². The summed E-state index contributed by atoms with van der Waals surface area (Å²) in [7, 11) is 4.21. The Bertz CT molecular complexity index is 3230. The highest BCUT2D eigenvalue weighted by Gasteiger charge is 2.54. The number of hydrogen-bond acceptors (Lipinski definition) is 8. The molecule has 3 saturated heterocycles. The van der Waals surface area contributed by atoms with Gasteiger partial charge in [-0.15, -0.1) is 0 Å². The number of hydrogen-bond donors (Lipinski definition) is 1. The van der Waals surface area contributed by atoms with Gasteiger partial charge in [0.25, 0.3) is 0 Å². The van der Waals surface area contributed by atoms with Crippen molar-refractivity contribution >= 4 is 70.1 Å². The number of aliphatic imine (C=N–C) groups is 2. The van der Waals surface area contributed by atoms with Crippen LogP contribution in [0.15, 0.2) is 156 Å². The zero-order valence-electron chi connectivity index (χ0n) is 48.4. The lowest BCUT2D eigenvalue weighted by atomic mass is 9.92. The molecule has 0 bridgehead atoms. The summed E-state index contributed by atoms with van der Waals surface area (Å²) in [4.78, 5) is 48.9. The van der Waals surface area contributed by atoms with E-state index in [2.05, 4.69) is 24.3 Å². The van der Waals surface area contributed by atoms with E-state index in [9.17, 15) is 4.79 Å². The zero-order valence-corrected chi connectivity index (χ0v) is 51.5. The van der Waals surface area contributed by atoms with E-state index in [-0.39, 0.29) is 54.5 Å². The Morgan fingerprint density at radius 1 is 0.542 bits per heavy atom. The molecule has 4 amide bonds. The van der Waals surface area contributed by atoms with Gasteiger partial charge in [-0.3, -0.25) is 14.9 Å². The lowest BCUT2D eigenvalue weighted by Crippen LogP contribution is -2.67. The first-order valence-corrected chi connectivity index (χ1v) is 31.0. The number of urea groups is 2. The second-order valence-electron chi connectivity index (χ2n) is 23.2. The van der Waals surface area contributed by atoms with Gasteiger partial charge in [-0.05, 0) is 169 Å². The molecule has 11 rings (SSSR count). The number of benzene rings is 6. The van der Waals surface area contributed by atoms with E-state index < -0.39 is 0 Å². The Balaban J connectivity index is 0.000000186. The lowest BCUT2D eigenvalue weighted by molar-refractivity contribution is -0.884. The fraction of sp³-hybridized carbons (Fsp3) is 0.403. The molecule has 3 fully saturated rings. The van der Waals surface area contributed by atoms with E-state index >= 15 is 4.79 Å². The summed E-state index contributed by atoms with van der Waals surface area (Å²) in [5.74, 6) is 2.70. The standard InChI is InChI=1S/C35H41Cl2N4O2.C32H36Cl2N4O2/c1-24(2)43-31-9-5-4-8-30(31)34-39-32(25-10-14-27(36)15-11-25)33(26-12-16-28(37)17-13-26)40(34)35(42)41(22-6-3-7-23-41)29-18-20-38-21-19-29;1-21(2)40-28-8-6-5-7-27(28)31-35-29(22-9-13-24(33)14-10-22)30(23-11-15-25(34)16-12-23)38(31)32(39)37-19-17-26(18-20-37)36(3)4/h4-5,8-17,24,29,32-33,38H,3,6-7,18-23H2,1-2H3;5-16,21,26,29-30H,17-20H2,1-4H3/q+1;. The largest absolute Gasteiger partial charge is 0.490 e. The molecular weight excluding hydrogens is 1120 g/mol. The smallest absolute Gasteiger partial charge is 0.425 e. The topological polar surface area (TPSA) is 102 Å². The molecule has 5 aliphatic rings. The Hall–Kier alpha value is -5.96. The normalized spacial score (nSPS) is 21.2. The maximum atomic E-state index is 15.5. The van der Waals surface area contributed by atoms with Crippen molar-refractivity contribution in [2.24, 2.45) is 9.98 Å². The molecule has 12 nitrogen and oxygen atoms in total. The van der Waals surface area contributed by atoms with Crippen LogP contribution in [0, 0.1) is 0 Å². The molecule has 4 atom stereocenters. The first-order valence-electron chi connectivity index (χ1n) is 29.5. The molecule has 6 aromatic carbocycles. The van der Waals surface area contributed by atoms with Crippen LogP contribution >= 0.6 is 46.4 Å². The van der Waals surface area contributed by atoms with E-state index in [0.29, 0.717) is 61.1 Å². The Morgan fingerprint density at radius 3 is 1.36 bits per heavy atom. The van der Waals surface area contributed by atoms with Crippen LogP contribution in [0.4, 0.5) is 9.59 Å². The van der Waals surface area contributed by atoms with Gasteiger partial charge >= 0.3 is 12.1 Å². The molecule has 0 radical (unpaired) electrons. The zero-order chi connectivity index (χ0) is 58.4. The van der Waals surface area contributed by atoms with Crippen molar-refractivity contribution in [3.8, 4) is 11.5 Å².